The first-order valence-electron chi connectivity index (χ1n) is 10.3. The van der Waals surface area contributed by atoms with E-state index in [2.05, 4.69) is 41.3 Å². The van der Waals surface area contributed by atoms with Crippen LogP contribution in [0.25, 0.3) is 22.3 Å². The van der Waals surface area contributed by atoms with Gasteiger partial charge in [0.2, 0.25) is 0 Å². The number of pyridine rings is 1. The summed E-state index contributed by atoms with van der Waals surface area (Å²) in [6.45, 7) is 5.94. The predicted molar refractivity (Wildman–Crippen MR) is 127 cm³/mol. The minimum Gasteiger partial charge on any atom is -0.497 e. The van der Waals surface area contributed by atoms with Crippen LogP contribution in [-0.2, 0) is 6.42 Å². The highest BCUT2D eigenvalue weighted by Crippen LogP contribution is 2.31. The van der Waals surface area contributed by atoms with Crippen LogP contribution in [0.5, 0.6) is 5.75 Å². The highest BCUT2D eigenvalue weighted by molar-refractivity contribution is 5.93. The Morgan fingerprint density at radius 2 is 2.00 bits per heavy atom. The van der Waals surface area contributed by atoms with Gasteiger partial charge in [-0.3, -0.25) is 4.98 Å². The summed E-state index contributed by atoms with van der Waals surface area (Å²) < 4.78 is 5.43. The second-order valence-electron chi connectivity index (χ2n) is 7.12. The molecule has 4 aromatic rings. The molecule has 2 heterocycles. The van der Waals surface area contributed by atoms with Crippen molar-refractivity contribution in [3.63, 3.8) is 0 Å². The lowest BCUT2D eigenvalue weighted by Gasteiger charge is -2.15. The zero-order valence-corrected chi connectivity index (χ0v) is 17.7. The molecule has 0 saturated heterocycles. The number of fused-ring (bicyclic) bond motifs is 1. The molecule has 0 atom stereocenters. The maximum absolute atomic E-state index is 5.43. The standard InChI is InChI=1S/C25H25N5O/c1-4-7-17-14-19(9-11-22(17)27-5-2)28-25-21-15-20(31-3)10-12-23(21)29-24(30-25)18-8-6-13-26-16-18/h5-6,8-16,27H,2,4,7H2,1,3H3,(H,28,29,30). The Labute approximate surface area is 182 Å². The van der Waals surface area contributed by atoms with Crippen LogP contribution in [0.1, 0.15) is 18.9 Å². The van der Waals surface area contributed by atoms with Crippen molar-refractivity contribution in [2.75, 3.05) is 17.7 Å². The van der Waals surface area contributed by atoms with Crippen molar-refractivity contribution in [3.05, 3.63) is 79.3 Å². The molecule has 0 unspecified atom stereocenters. The van der Waals surface area contributed by atoms with Crippen molar-refractivity contribution in [2.24, 2.45) is 0 Å². The number of hydrogen-bond donors (Lipinski definition) is 2. The van der Waals surface area contributed by atoms with Gasteiger partial charge in [-0.2, -0.15) is 0 Å². The maximum Gasteiger partial charge on any atom is 0.163 e. The summed E-state index contributed by atoms with van der Waals surface area (Å²) in [6, 6.07) is 15.9. The lowest BCUT2D eigenvalue weighted by Crippen LogP contribution is -2.01. The van der Waals surface area contributed by atoms with Crippen LogP contribution in [0.3, 0.4) is 0 Å². The average Bonchev–Trinajstić information content (AvgIpc) is 2.81. The molecular formula is C25H25N5O. The predicted octanol–water partition coefficient (Wildman–Crippen LogP) is 5.95. The zero-order chi connectivity index (χ0) is 21.6. The van der Waals surface area contributed by atoms with E-state index in [-0.39, 0.29) is 0 Å². The van der Waals surface area contributed by atoms with Crippen LogP contribution in [0, 0.1) is 0 Å². The van der Waals surface area contributed by atoms with E-state index in [0.717, 1.165) is 52.3 Å². The molecule has 156 valence electrons. The van der Waals surface area contributed by atoms with Gasteiger partial charge < -0.3 is 15.4 Å². The number of aryl methyl sites for hydroxylation is 1. The summed E-state index contributed by atoms with van der Waals surface area (Å²) in [4.78, 5) is 13.8. The maximum atomic E-state index is 5.43. The largest absolute Gasteiger partial charge is 0.497 e. The van der Waals surface area contributed by atoms with Gasteiger partial charge in [0.25, 0.3) is 0 Å². The molecule has 0 aliphatic heterocycles. The van der Waals surface area contributed by atoms with E-state index in [9.17, 15) is 0 Å². The number of rotatable bonds is 8. The van der Waals surface area contributed by atoms with E-state index in [1.807, 2.05) is 36.4 Å². The third-order valence-electron chi connectivity index (χ3n) is 4.97. The van der Waals surface area contributed by atoms with Crippen LogP contribution in [0.2, 0.25) is 0 Å². The number of methoxy groups -OCH3 is 1. The molecule has 0 aliphatic carbocycles. The van der Waals surface area contributed by atoms with Gasteiger partial charge in [-0.15, -0.1) is 0 Å². The molecule has 0 aliphatic rings. The number of nitrogens with one attached hydrogen (secondary N) is 2. The molecule has 0 bridgehead atoms. The van der Waals surface area contributed by atoms with Gasteiger partial charge in [0.1, 0.15) is 11.6 Å². The van der Waals surface area contributed by atoms with Crippen molar-refractivity contribution in [1.82, 2.24) is 15.0 Å². The van der Waals surface area contributed by atoms with Gasteiger partial charge in [0, 0.05) is 34.7 Å². The summed E-state index contributed by atoms with van der Waals surface area (Å²) >= 11 is 0. The number of nitrogens with zero attached hydrogens (tertiary/aromatic N) is 3. The minimum absolute atomic E-state index is 0.618. The van der Waals surface area contributed by atoms with Gasteiger partial charge in [-0.05, 0) is 66.7 Å². The Balaban J connectivity index is 1.81. The number of aromatic nitrogens is 3. The quantitative estimate of drug-likeness (QED) is 0.373. The molecule has 2 aromatic carbocycles. The molecule has 31 heavy (non-hydrogen) atoms. The van der Waals surface area contributed by atoms with Crippen LogP contribution < -0.4 is 15.4 Å². The fraction of sp³-hybridized carbons (Fsp3) is 0.160. The SMILES string of the molecule is C=CNc1ccc(Nc2nc(-c3cccnc3)nc3ccc(OC)cc23)cc1CCC. The molecule has 6 nitrogen and oxygen atoms in total. The zero-order valence-electron chi connectivity index (χ0n) is 17.7. The highest BCUT2D eigenvalue weighted by Gasteiger charge is 2.12. The molecule has 6 heteroatoms. The average molecular weight is 412 g/mol. The molecule has 4 rings (SSSR count). The first-order valence-corrected chi connectivity index (χ1v) is 10.3. The third kappa shape index (κ3) is 4.48. The molecule has 0 fully saturated rings. The Hall–Kier alpha value is -3.93. The summed E-state index contributed by atoms with van der Waals surface area (Å²) in [6.07, 6.45) is 7.22. The van der Waals surface area contributed by atoms with Gasteiger partial charge >= 0.3 is 0 Å². The number of anilines is 3. The van der Waals surface area contributed by atoms with Crippen LogP contribution in [-0.4, -0.2) is 22.1 Å². The van der Waals surface area contributed by atoms with Crippen molar-refractivity contribution >= 4 is 28.1 Å². The summed E-state index contributed by atoms with van der Waals surface area (Å²) in [5.74, 6) is 2.09. The van der Waals surface area contributed by atoms with Crippen molar-refractivity contribution in [1.29, 1.82) is 0 Å². The molecule has 2 aromatic heterocycles. The Morgan fingerprint density at radius 3 is 2.74 bits per heavy atom. The fourth-order valence-corrected chi connectivity index (χ4v) is 3.49. The number of hydrogen-bond acceptors (Lipinski definition) is 6. The normalized spacial score (nSPS) is 10.6. The molecule has 2 N–H and O–H groups in total. The summed E-state index contributed by atoms with van der Waals surface area (Å²) in [5.41, 5.74) is 4.93. The monoisotopic (exact) mass is 411 g/mol. The molecular weight excluding hydrogens is 386 g/mol. The lowest BCUT2D eigenvalue weighted by atomic mass is 10.1. The summed E-state index contributed by atoms with van der Waals surface area (Å²) in [5, 5.41) is 7.60. The van der Waals surface area contributed by atoms with E-state index < -0.39 is 0 Å². The fourth-order valence-electron chi connectivity index (χ4n) is 3.49. The lowest BCUT2D eigenvalue weighted by molar-refractivity contribution is 0.415. The first kappa shape index (κ1) is 20.3. The second-order valence-corrected chi connectivity index (χ2v) is 7.12. The molecule has 0 radical (unpaired) electrons. The van der Waals surface area contributed by atoms with Gasteiger partial charge in [0.15, 0.2) is 5.82 Å². The van der Waals surface area contributed by atoms with E-state index in [1.54, 1.807) is 25.7 Å². The second kappa shape index (κ2) is 9.26. The van der Waals surface area contributed by atoms with E-state index >= 15 is 0 Å². The Bertz CT molecular complexity index is 1210. The minimum atomic E-state index is 0.618. The topological polar surface area (TPSA) is 72.0 Å². The van der Waals surface area contributed by atoms with Crippen molar-refractivity contribution < 1.29 is 4.74 Å². The highest BCUT2D eigenvalue weighted by atomic mass is 16.5. The van der Waals surface area contributed by atoms with E-state index in [4.69, 9.17) is 14.7 Å². The van der Waals surface area contributed by atoms with Gasteiger partial charge in [-0.1, -0.05) is 19.9 Å². The molecule has 0 saturated carbocycles. The first-order chi connectivity index (χ1) is 15.2. The van der Waals surface area contributed by atoms with E-state index in [1.165, 1.54) is 5.56 Å². The van der Waals surface area contributed by atoms with Crippen LogP contribution >= 0.6 is 0 Å². The Morgan fingerprint density at radius 1 is 1.10 bits per heavy atom. The number of ether oxygens (including phenoxy) is 1. The number of benzene rings is 2. The molecule has 0 amide bonds. The van der Waals surface area contributed by atoms with Crippen molar-refractivity contribution in [3.8, 4) is 17.1 Å². The molecule has 0 spiro atoms. The van der Waals surface area contributed by atoms with E-state index in [0.29, 0.717) is 5.82 Å². The smallest absolute Gasteiger partial charge is 0.163 e. The van der Waals surface area contributed by atoms with Crippen LogP contribution in [0.4, 0.5) is 17.2 Å². The van der Waals surface area contributed by atoms with Gasteiger partial charge in [-0.25, -0.2) is 9.97 Å². The van der Waals surface area contributed by atoms with Crippen molar-refractivity contribution in [2.45, 2.75) is 19.8 Å². The Kier molecular flexibility index (Phi) is 6.08. The summed E-state index contributed by atoms with van der Waals surface area (Å²) in [7, 11) is 1.65. The van der Waals surface area contributed by atoms with Crippen LogP contribution in [0.15, 0.2) is 73.7 Å². The third-order valence-corrected chi connectivity index (χ3v) is 4.97. The van der Waals surface area contributed by atoms with Gasteiger partial charge in [0.05, 0.1) is 12.6 Å².